The van der Waals surface area contributed by atoms with Crippen LogP contribution >= 0.6 is 11.3 Å². The third-order valence-electron chi connectivity index (χ3n) is 12.1. The van der Waals surface area contributed by atoms with Crippen LogP contribution in [0.1, 0.15) is 0 Å². The fraction of sp³-hybridized carbons (Fsp3) is 0. The number of hydrogen-bond donors (Lipinski definition) is 0. The van der Waals surface area contributed by atoms with E-state index in [0.29, 0.717) is 17.5 Å². The van der Waals surface area contributed by atoms with Crippen molar-refractivity contribution in [1.82, 2.24) is 19.5 Å². The van der Waals surface area contributed by atoms with Gasteiger partial charge in [-0.05, 0) is 88.6 Å². The molecular formula is C55H32N4OS. The van der Waals surface area contributed by atoms with Gasteiger partial charge in [0.05, 0.1) is 16.7 Å². The molecular weight excluding hydrogens is 765 g/mol. The summed E-state index contributed by atoms with van der Waals surface area (Å²) in [5.74, 6) is 1.83. The zero-order valence-electron chi connectivity index (χ0n) is 32.6. The molecule has 0 saturated carbocycles. The quantitative estimate of drug-likeness (QED) is 0.174. The Morgan fingerprint density at radius 3 is 1.92 bits per heavy atom. The van der Waals surface area contributed by atoms with E-state index in [9.17, 15) is 0 Å². The minimum absolute atomic E-state index is 0.599. The fourth-order valence-corrected chi connectivity index (χ4v) is 10.5. The second-order valence-corrected chi connectivity index (χ2v) is 16.6. The van der Waals surface area contributed by atoms with Crippen molar-refractivity contribution in [3.8, 4) is 51.0 Å². The van der Waals surface area contributed by atoms with E-state index in [4.69, 9.17) is 19.4 Å². The fourth-order valence-electron chi connectivity index (χ4n) is 9.27. The molecule has 0 unspecified atom stereocenters. The summed E-state index contributed by atoms with van der Waals surface area (Å²) in [7, 11) is 0. The lowest BCUT2D eigenvalue weighted by Crippen LogP contribution is -2.03. The minimum atomic E-state index is 0.599. The first-order valence-corrected chi connectivity index (χ1v) is 21.2. The molecule has 5 nitrogen and oxygen atoms in total. The van der Waals surface area contributed by atoms with E-state index in [1.807, 2.05) is 24.3 Å². The highest BCUT2D eigenvalue weighted by molar-refractivity contribution is 7.26. The minimum Gasteiger partial charge on any atom is -0.456 e. The summed E-state index contributed by atoms with van der Waals surface area (Å²) in [5, 5.41) is 9.35. The highest BCUT2D eigenvalue weighted by Crippen LogP contribution is 2.42. The van der Waals surface area contributed by atoms with Crippen LogP contribution in [0.4, 0.5) is 0 Å². The average molecular weight is 797 g/mol. The lowest BCUT2D eigenvalue weighted by atomic mass is 9.97. The molecule has 0 N–H and O–H groups in total. The van der Waals surface area contributed by atoms with Crippen LogP contribution in [0.2, 0.25) is 0 Å². The Balaban J connectivity index is 1.05. The number of benzene rings is 9. The topological polar surface area (TPSA) is 56.7 Å². The van der Waals surface area contributed by atoms with E-state index in [2.05, 4.69) is 174 Å². The first-order valence-electron chi connectivity index (χ1n) is 20.4. The summed E-state index contributed by atoms with van der Waals surface area (Å²) in [5.41, 5.74) is 10.1. The van der Waals surface area contributed by atoms with Gasteiger partial charge in [-0.2, -0.15) is 0 Å². The predicted octanol–water partition coefficient (Wildman–Crippen LogP) is 15.1. The number of fused-ring (bicyclic) bond motifs is 10. The second kappa shape index (κ2) is 13.3. The molecule has 0 bridgehead atoms. The first kappa shape index (κ1) is 34.0. The summed E-state index contributed by atoms with van der Waals surface area (Å²) in [4.78, 5) is 16.0. The summed E-state index contributed by atoms with van der Waals surface area (Å²) in [6.07, 6.45) is 0. The third kappa shape index (κ3) is 5.29. The third-order valence-corrected chi connectivity index (χ3v) is 13.3. The number of aromatic nitrogens is 4. The van der Waals surface area contributed by atoms with Gasteiger partial charge >= 0.3 is 0 Å². The average Bonchev–Trinajstić information content (AvgIpc) is 4.00. The standard InChI is InChI=1S/C55H32N4OS/c1-2-15-36-33(13-1)14-11-20-37(36)34-27-29-48-44(31-34)38-16-3-7-23-46(38)59(48)47-24-8-4-19-42(47)54-56-53(35-28-30-50-45(32-35)39-17-5-9-25-49(39)60-50)57-55(58-54)43-22-12-21-41-40-18-6-10-26-51(40)61-52(41)43/h1-32H. The molecule has 0 fully saturated rings. The predicted molar refractivity (Wildman–Crippen MR) is 254 cm³/mol. The van der Waals surface area contributed by atoms with Crippen molar-refractivity contribution in [3.05, 3.63) is 194 Å². The normalized spacial score (nSPS) is 11.9. The van der Waals surface area contributed by atoms with Gasteiger partial charge in [0.1, 0.15) is 11.2 Å². The maximum atomic E-state index is 6.23. The Kier molecular flexibility index (Phi) is 7.41. The molecule has 0 spiro atoms. The zero-order valence-corrected chi connectivity index (χ0v) is 33.4. The van der Waals surface area contributed by atoms with E-state index < -0.39 is 0 Å². The Hall–Kier alpha value is -7.93. The molecule has 0 aliphatic carbocycles. The molecule has 4 aromatic heterocycles. The molecule has 0 aliphatic rings. The van der Waals surface area contributed by atoms with Crippen molar-refractivity contribution in [2.24, 2.45) is 0 Å². The Labute approximate surface area is 353 Å². The van der Waals surface area contributed by atoms with Crippen LogP contribution in [0.3, 0.4) is 0 Å². The number of furan rings is 1. The van der Waals surface area contributed by atoms with Gasteiger partial charge in [0.2, 0.25) is 0 Å². The zero-order chi connectivity index (χ0) is 40.0. The molecule has 13 rings (SSSR count). The van der Waals surface area contributed by atoms with Gasteiger partial charge in [-0.25, -0.2) is 15.0 Å². The Morgan fingerprint density at radius 1 is 0.377 bits per heavy atom. The largest absolute Gasteiger partial charge is 0.456 e. The number of rotatable bonds is 5. The number of para-hydroxylation sites is 3. The molecule has 0 atom stereocenters. The molecule has 6 heteroatoms. The molecule has 61 heavy (non-hydrogen) atoms. The van der Waals surface area contributed by atoms with Crippen LogP contribution in [-0.4, -0.2) is 19.5 Å². The number of hydrogen-bond acceptors (Lipinski definition) is 5. The maximum absolute atomic E-state index is 6.23. The van der Waals surface area contributed by atoms with Gasteiger partial charge in [-0.1, -0.05) is 127 Å². The molecule has 0 aliphatic heterocycles. The summed E-state index contributed by atoms with van der Waals surface area (Å²) >= 11 is 1.78. The monoisotopic (exact) mass is 796 g/mol. The van der Waals surface area contributed by atoms with E-state index in [-0.39, 0.29) is 0 Å². The smallest absolute Gasteiger partial charge is 0.166 e. The number of thiophene rings is 1. The lowest BCUT2D eigenvalue weighted by Gasteiger charge is -2.15. The van der Waals surface area contributed by atoms with Crippen molar-refractivity contribution >= 4 is 86.0 Å². The van der Waals surface area contributed by atoms with Gasteiger partial charge in [0.15, 0.2) is 17.5 Å². The molecule has 284 valence electrons. The van der Waals surface area contributed by atoms with Crippen LogP contribution in [-0.2, 0) is 0 Å². The van der Waals surface area contributed by atoms with Gasteiger partial charge in [0, 0.05) is 58.4 Å². The second-order valence-electron chi connectivity index (χ2n) is 15.5. The van der Waals surface area contributed by atoms with Crippen molar-refractivity contribution in [1.29, 1.82) is 0 Å². The van der Waals surface area contributed by atoms with Crippen LogP contribution in [0, 0.1) is 0 Å². The van der Waals surface area contributed by atoms with Crippen LogP contribution in [0.15, 0.2) is 199 Å². The SMILES string of the molecule is c1ccc(-n2c3ccccc3c3cc(-c4cccc5ccccc45)ccc32)c(-c2nc(-c3ccc4oc5ccccc5c4c3)nc(-c3cccc4c3sc3ccccc34)n2)c1. The van der Waals surface area contributed by atoms with E-state index in [1.165, 1.54) is 48.1 Å². The van der Waals surface area contributed by atoms with E-state index in [1.54, 1.807) is 11.3 Å². The van der Waals surface area contributed by atoms with Crippen LogP contribution in [0.5, 0.6) is 0 Å². The molecule has 13 aromatic rings. The van der Waals surface area contributed by atoms with Crippen molar-refractivity contribution in [2.75, 3.05) is 0 Å². The van der Waals surface area contributed by atoms with Gasteiger partial charge < -0.3 is 8.98 Å². The molecule has 0 radical (unpaired) electrons. The summed E-state index contributed by atoms with van der Waals surface area (Å²) in [6.45, 7) is 0. The number of nitrogens with zero attached hydrogens (tertiary/aromatic N) is 4. The molecule has 9 aromatic carbocycles. The lowest BCUT2D eigenvalue weighted by molar-refractivity contribution is 0.669. The van der Waals surface area contributed by atoms with Crippen molar-refractivity contribution in [3.63, 3.8) is 0 Å². The van der Waals surface area contributed by atoms with Gasteiger partial charge in [-0.3, -0.25) is 0 Å². The highest BCUT2D eigenvalue weighted by atomic mass is 32.1. The van der Waals surface area contributed by atoms with E-state index in [0.717, 1.165) is 60.0 Å². The summed E-state index contributed by atoms with van der Waals surface area (Å²) in [6, 6.07) is 68.6. The Bertz CT molecular complexity index is 3910. The van der Waals surface area contributed by atoms with Crippen molar-refractivity contribution < 1.29 is 4.42 Å². The van der Waals surface area contributed by atoms with Gasteiger partial charge in [-0.15, -0.1) is 11.3 Å². The highest BCUT2D eigenvalue weighted by Gasteiger charge is 2.22. The van der Waals surface area contributed by atoms with E-state index >= 15 is 0 Å². The molecule has 0 saturated heterocycles. The van der Waals surface area contributed by atoms with Crippen LogP contribution < -0.4 is 0 Å². The first-order chi connectivity index (χ1) is 30.2. The summed E-state index contributed by atoms with van der Waals surface area (Å²) < 4.78 is 11.0. The Morgan fingerprint density at radius 2 is 0.984 bits per heavy atom. The maximum Gasteiger partial charge on any atom is 0.166 e. The van der Waals surface area contributed by atoms with Crippen molar-refractivity contribution in [2.45, 2.75) is 0 Å². The molecule has 4 heterocycles. The van der Waals surface area contributed by atoms with Gasteiger partial charge in [0.25, 0.3) is 0 Å². The molecule has 0 amide bonds. The van der Waals surface area contributed by atoms with Crippen LogP contribution in [0.25, 0.3) is 126 Å².